The molecule has 0 fully saturated rings. The van der Waals surface area contributed by atoms with Crippen LogP contribution in [0.1, 0.15) is 18.1 Å². The number of hydrogen-bond acceptors (Lipinski definition) is 3. The number of aliphatic carboxylic acids is 1. The van der Waals surface area contributed by atoms with Gasteiger partial charge in [0, 0.05) is 6.42 Å². The van der Waals surface area contributed by atoms with Crippen molar-refractivity contribution >= 4 is 11.8 Å². The Morgan fingerprint density at radius 3 is 2.44 bits per heavy atom. The van der Waals surface area contributed by atoms with E-state index in [0.717, 1.165) is 0 Å². The van der Waals surface area contributed by atoms with Gasteiger partial charge >= 0.3 is 5.97 Å². The number of carboxylic acids is 1. The molecular weight excluding hydrogens is 208 g/mol. The summed E-state index contributed by atoms with van der Waals surface area (Å²) in [5.41, 5.74) is 0.696. The fourth-order valence-electron chi connectivity index (χ4n) is 1.15. The minimum Gasteiger partial charge on any atom is -0.475 e. The number of carboxylic acid groups (broad SMARTS) is 1. The van der Waals surface area contributed by atoms with E-state index in [9.17, 15) is 14.7 Å². The quantitative estimate of drug-likeness (QED) is 0.579. The van der Waals surface area contributed by atoms with Crippen LogP contribution >= 0.6 is 0 Å². The van der Waals surface area contributed by atoms with Gasteiger partial charge in [0.25, 0.3) is 0 Å². The van der Waals surface area contributed by atoms with Gasteiger partial charge in [-0.15, -0.1) is 0 Å². The third kappa shape index (κ3) is 3.67. The van der Waals surface area contributed by atoms with Crippen LogP contribution < -0.4 is 0 Å². The normalized spacial score (nSPS) is 12.6. The number of ketones is 1. The largest absolute Gasteiger partial charge is 0.475 e. The van der Waals surface area contributed by atoms with Crippen LogP contribution in [0.3, 0.4) is 0 Å². The molecule has 0 radical (unpaired) electrons. The van der Waals surface area contributed by atoms with Crippen LogP contribution in [0.25, 0.3) is 0 Å². The van der Waals surface area contributed by atoms with Gasteiger partial charge in [-0.25, -0.2) is 4.79 Å². The predicted octanol–water partition coefficient (Wildman–Crippen LogP) is 1.32. The molecule has 1 unspecified atom stereocenters. The zero-order valence-corrected chi connectivity index (χ0v) is 8.54. The fourth-order valence-corrected chi connectivity index (χ4v) is 1.15. The third-order valence-electron chi connectivity index (χ3n) is 2.00. The van der Waals surface area contributed by atoms with Gasteiger partial charge in [0.1, 0.15) is 0 Å². The van der Waals surface area contributed by atoms with Crippen LogP contribution in [0.5, 0.6) is 0 Å². The van der Waals surface area contributed by atoms with Crippen molar-refractivity contribution in [3.05, 3.63) is 48.0 Å². The predicted molar refractivity (Wildman–Crippen MR) is 57.8 cm³/mol. The average Bonchev–Trinajstić information content (AvgIpc) is 2.29. The molecule has 0 aromatic heterocycles. The Balaban J connectivity index is 2.52. The van der Waals surface area contributed by atoms with Gasteiger partial charge in [-0.3, -0.25) is 4.79 Å². The summed E-state index contributed by atoms with van der Waals surface area (Å²) in [5.74, 6) is -2.35. The van der Waals surface area contributed by atoms with Gasteiger partial charge in [0.15, 0.2) is 0 Å². The summed E-state index contributed by atoms with van der Waals surface area (Å²) in [4.78, 5) is 20.9. The second kappa shape index (κ2) is 5.82. The molecular formula is C12H12O4. The van der Waals surface area contributed by atoms with Crippen LogP contribution in [0.4, 0.5) is 0 Å². The van der Waals surface area contributed by atoms with E-state index in [4.69, 9.17) is 5.11 Å². The monoisotopic (exact) mass is 220 g/mol. The first-order valence-electron chi connectivity index (χ1n) is 4.77. The first-order chi connectivity index (χ1) is 7.61. The number of allylic oxidation sites excluding steroid dienone is 1. The van der Waals surface area contributed by atoms with Gasteiger partial charge in [-0.2, -0.15) is 0 Å². The van der Waals surface area contributed by atoms with Crippen LogP contribution in [0.2, 0.25) is 0 Å². The van der Waals surface area contributed by atoms with Crippen molar-refractivity contribution < 1.29 is 19.8 Å². The molecule has 1 atom stereocenters. The molecule has 0 saturated heterocycles. The van der Waals surface area contributed by atoms with E-state index < -0.39 is 17.9 Å². The lowest BCUT2D eigenvalue weighted by atomic mass is 10.1. The van der Waals surface area contributed by atoms with Crippen molar-refractivity contribution in [2.75, 3.05) is 0 Å². The first kappa shape index (κ1) is 12.1. The van der Waals surface area contributed by atoms with Gasteiger partial charge in [-0.1, -0.05) is 42.5 Å². The maximum atomic E-state index is 10.7. The zero-order chi connectivity index (χ0) is 12.0. The summed E-state index contributed by atoms with van der Waals surface area (Å²) in [6.07, 6.45) is 1.73. The van der Waals surface area contributed by atoms with E-state index in [0.29, 0.717) is 5.56 Å². The van der Waals surface area contributed by atoms with Gasteiger partial charge in [0.05, 0.1) is 6.10 Å². The average molecular weight is 220 g/mol. The van der Waals surface area contributed by atoms with Gasteiger partial charge in [0.2, 0.25) is 5.78 Å². The van der Waals surface area contributed by atoms with Crippen molar-refractivity contribution in [3.8, 4) is 0 Å². The Bertz CT molecular complexity index is 395. The minimum atomic E-state index is -1.46. The number of rotatable bonds is 5. The Morgan fingerprint density at radius 2 is 1.88 bits per heavy atom. The molecule has 0 saturated carbocycles. The standard InChI is InChI=1S/C12H12O4/c13-10(9-5-2-1-3-6-9)7-4-8-11(14)12(15)16/h1-7,10,13H,8H2,(H,15,16). The number of carbonyl (C=O) groups is 2. The van der Waals surface area contributed by atoms with Crippen molar-refractivity contribution in [3.63, 3.8) is 0 Å². The minimum absolute atomic E-state index is 0.209. The maximum absolute atomic E-state index is 10.7. The summed E-state index contributed by atoms with van der Waals surface area (Å²) in [6, 6.07) is 8.89. The Labute approximate surface area is 92.8 Å². The van der Waals surface area contributed by atoms with Crippen LogP contribution in [0.15, 0.2) is 42.5 Å². The number of carbonyl (C=O) groups excluding carboxylic acids is 1. The molecule has 0 aliphatic heterocycles. The Hall–Kier alpha value is -1.94. The molecule has 1 aromatic rings. The molecule has 1 aromatic carbocycles. The van der Waals surface area contributed by atoms with Crippen molar-refractivity contribution in [2.45, 2.75) is 12.5 Å². The number of Topliss-reactive ketones (excluding diaryl/α,β-unsaturated/α-hetero) is 1. The van der Waals surface area contributed by atoms with Crippen LogP contribution in [-0.4, -0.2) is 22.0 Å². The summed E-state index contributed by atoms with van der Waals surface area (Å²) in [7, 11) is 0. The number of benzene rings is 1. The molecule has 1 rings (SSSR count). The molecule has 0 heterocycles. The Kier molecular flexibility index (Phi) is 4.42. The van der Waals surface area contributed by atoms with E-state index in [2.05, 4.69) is 0 Å². The molecule has 4 nitrogen and oxygen atoms in total. The van der Waals surface area contributed by atoms with Crippen LogP contribution in [0, 0.1) is 0 Å². The van der Waals surface area contributed by atoms with Gasteiger partial charge < -0.3 is 10.2 Å². The van der Waals surface area contributed by atoms with Crippen LogP contribution in [-0.2, 0) is 9.59 Å². The molecule has 0 amide bonds. The van der Waals surface area contributed by atoms with Crippen molar-refractivity contribution in [2.24, 2.45) is 0 Å². The number of hydrogen-bond donors (Lipinski definition) is 2. The molecule has 0 spiro atoms. The molecule has 0 aliphatic carbocycles. The molecule has 0 bridgehead atoms. The van der Waals surface area contributed by atoms with Crippen molar-refractivity contribution in [1.29, 1.82) is 0 Å². The third-order valence-corrected chi connectivity index (χ3v) is 2.00. The Morgan fingerprint density at radius 1 is 1.25 bits per heavy atom. The van der Waals surface area contributed by atoms with E-state index in [-0.39, 0.29) is 6.42 Å². The summed E-state index contributed by atoms with van der Waals surface area (Å²) in [6.45, 7) is 0. The first-order valence-corrected chi connectivity index (χ1v) is 4.77. The lowest BCUT2D eigenvalue weighted by molar-refractivity contribution is -0.148. The fraction of sp³-hybridized carbons (Fsp3) is 0.167. The lowest BCUT2D eigenvalue weighted by Gasteiger charge is -2.04. The van der Waals surface area contributed by atoms with Crippen molar-refractivity contribution in [1.82, 2.24) is 0 Å². The summed E-state index contributed by atoms with van der Waals surface area (Å²) in [5, 5.41) is 17.9. The summed E-state index contributed by atoms with van der Waals surface area (Å²) >= 11 is 0. The lowest BCUT2D eigenvalue weighted by Crippen LogP contribution is -2.10. The highest BCUT2D eigenvalue weighted by atomic mass is 16.4. The summed E-state index contributed by atoms with van der Waals surface area (Å²) < 4.78 is 0. The highest BCUT2D eigenvalue weighted by Crippen LogP contribution is 2.13. The second-order valence-corrected chi connectivity index (χ2v) is 3.22. The van der Waals surface area contributed by atoms with Gasteiger partial charge in [-0.05, 0) is 5.56 Å². The number of aliphatic hydroxyl groups is 1. The van der Waals surface area contributed by atoms with E-state index in [1.54, 1.807) is 24.3 Å². The maximum Gasteiger partial charge on any atom is 0.372 e. The second-order valence-electron chi connectivity index (χ2n) is 3.22. The molecule has 0 aliphatic rings. The van der Waals surface area contributed by atoms with E-state index >= 15 is 0 Å². The van der Waals surface area contributed by atoms with E-state index in [1.165, 1.54) is 12.2 Å². The molecule has 4 heteroatoms. The molecule has 84 valence electrons. The smallest absolute Gasteiger partial charge is 0.372 e. The highest BCUT2D eigenvalue weighted by Gasteiger charge is 2.08. The number of aliphatic hydroxyl groups excluding tert-OH is 1. The highest BCUT2D eigenvalue weighted by molar-refractivity contribution is 6.33. The van der Waals surface area contributed by atoms with E-state index in [1.807, 2.05) is 6.07 Å². The zero-order valence-electron chi connectivity index (χ0n) is 8.54. The molecule has 2 N–H and O–H groups in total. The topological polar surface area (TPSA) is 74.6 Å². The molecule has 16 heavy (non-hydrogen) atoms. The SMILES string of the molecule is O=C(O)C(=O)CC=CC(O)c1ccccc1.